The Labute approximate surface area is 74.3 Å². The van der Waals surface area contributed by atoms with E-state index < -0.39 is 5.60 Å². The van der Waals surface area contributed by atoms with Gasteiger partial charge in [0.25, 0.3) is 0 Å². The number of morpholine rings is 1. The first-order valence-corrected chi connectivity index (χ1v) is 4.66. The van der Waals surface area contributed by atoms with Crippen LogP contribution in [0.15, 0.2) is 0 Å². The van der Waals surface area contributed by atoms with Crippen LogP contribution in [-0.2, 0) is 4.74 Å². The zero-order valence-corrected chi connectivity index (χ0v) is 8.05. The minimum Gasteiger partial charge on any atom is -0.389 e. The Morgan fingerprint density at radius 2 is 2.00 bits per heavy atom. The van der Waals surface area contributed by atoms with E-state index >= 15 is 0 Å². The third-order valence-corrected chi connectivity index (χ3v) is 2.43. The van der Waals surface area contributed by atoms with Gasteiger partial charge in [0.1, 0.15) is 0 Å². The third kappa shape index (κ3) is 3.09. The minimum atomic E-state index is -0.530. The number of hydrogen-bond donors (Lipinski definition) is 1. The Morgan fingerprint density at radius 3 is 2.50 bits per heavy atom. The minimum absolute atomic E-state index is 0.530. The summed E-state index contributed by atoms with van der Waals surface area (Å²) in [5.74, 6) is 0. The van der Waals surface area contributed by atoms with Gasteiger partial charge in [-0.05, 0) is 13.3 Å². The van der Waals surface area contributed by atoms with Gasteiger partial charge in [-0.15, -0.1) is 0 Å². The summed E-state index contributed by atoms with van der Waals surface area (Å²) in [6, 6.07) is 0. The molecule has 3 heteroatoms. The molecule has 12 heavy (non-hydrogen) atoms. The predicted octanol–water partition coefficient (Wildman–Crippen LogP) is 0.480. The summed E-state index contributed by atoms with van der Waals surface area (Å²) in [6.45, 7) is 8.20. The summed E-state index contributed by atoms with van der Waals surface area (Å²) in [6.07, 6.45) is 0.810. The summed E-state index contributed by atoms with van der Waals surface area (Å²) in [4.78, 5) is 2.26. The fourth-order valence-electron chi connectivity index (χ4n) is 1.35. The third-order valence-electron chi connectivity index (χ3n) is 2.43. The Bertz CT molecular complexity index is 130. The van der Waals surface area contributed by atoms with Crippen molar-refractivity contribution in [2.45, 2.75) is 25.9 Å². The number of rotatable bonds is 3. The Hall–Kier alpha value is -0.120. The van der Waals surface area contributed by atoms with Crippen molar-refractivity contribution < 1.29 is 9.84 Å². The lowest BCUT2D eigenvalue weighted by molar-refractivity contribution is -0.0241. The zero-order chi connectivity index (χ0) is 9.03. The molecule has 1 atom stereocenters. The second kappa shape index (κ2) is 4.21. The molecule has 1 heterocycles. The number of β-amino-alcohol motifs (C(OH)–C–C–N with tert-alkyl or cyclic N) is 1. The van der Waals surface area contributed by atoms with Crippen LogP contribution in [0.4, 0.5) is 0 Å². The average molecular weight is 173 g/mol. The molecule has 1 rings (SSSR count). The molecular formula is C9H19NO2. The highest BCUT2D eigenvalue weighted by atomic mass is 16.5. The number of aliphatic hydroxyl groups is 1. The molecular weight excluding hydrogens is 154 g/mol. The normalized spacial score (nSPS) is 25.2. The maximum atomic E-state index is 9.79. The van der Waals surface area contributed by atoms with Crippen molar-refractivity contribution in [1.29, 1.82) is 0 Å². The first-order valence-electron chi connectivity index (χ1n) is 4.66. The summed E-state index contributed by atoms with van der Waals surface area (Å²) >= 11 is 0. The van der Waals surface area contributed by atoms with Gasteiger partial charge in [-0.2, -0.15) is 0 Å². The molecule has 1 fully saturated rings. The van der Waals surface area contributed by atoms with Gasteiger partial charge in [0.15, 0.2) is 0 Å². The lowest BCUT2D eigenvalue weighted by Gasteiger charge is -2.33. The van der Waals surface area contributed by atoms with Gasteiger partial charge >= 0.3 is 0 Å². The molecule has 0 saturated carbocycles. The van der Waals surface area contributed by atoms with Crippen LogP contribution in [0.25, 0.3) is 0 Å². The van der Waals surface area contributed by atoms with E-state index in [4.69, 9.17) is 4.74 Å². The van der Waals surface area contributed by atoms with Crippen molar-refractivity contribution in [2.24, 2.45) is 0 Å². The average Bonchev–Trinajstić information content (AvgIpc) is 2.06. The first kappa shape index (κ1) is 9.96. The molecule has 0 aliphatic carbocycles. The van der Waals surface area contributed by atoms with E-state index in [2.05, 4.69) is 4.90 Å². The van der Waals surface area contributed by atoms with E-state index in [1.54, 1.807) is 0 Å². The van der Waals surface area contributed by atoms with Gasteiger partial charge in [0.2, 0.25) is 0 Å². The highest BCUT2D eigenvalue weighted by molar-refractivity contribution is 4.76. The molecule has 0 amide bonds. The van der Waals surface area contributed by atoms with E-state index in [0.29, 0.717) is 0 Å². The molecule has 1 saturated heterocycles. The van der Waals surface area contributed by atoms with Crippen LogP contribution in [0.1, 0.15) is 20.3 Å². The molecule has 1 N–H and O–H groups in total. The van der Waals surface area contributed by atoms with Gasteiger partial charge in [-0.3, -0.25) is 4.90 Å². The van der Waals surface area contributed by atoms with E-state index in [0.717, 1.165) is 39.3 Å². The molecule has 1 unspecified atom stereocenters. The largest absolute Gasteiger partial charge is 0.389 e. The summed E-state index contributed by atoms with van der Waals surface area (Å²) in [7, 11) is 0. The van der Waals surface area contributed by atoms with Crippen LogP contribution in [0.2, 0.25) is 0 Å². The van der Waals surface area contributed by atoms with Crippen LogP contribution in [0.5, 0.6) is 0 Å². The Balaban J connectivity index is 2.28. The van der Waals surface area contributed by atoms with Crippen molar-refractivity contribution in [2.75, 3.05) is 32.8 Å². The summed E-state index contributed by atoms with van der Waals surface area (Å²) in [5, 5.41) is 9.79. The van der Waals surface area contributed by atoms with Crippen molar-refractivity contribution in [1.82, 2.24) is 4.90 Å². The van der Waals surface area contributed by atoms with Crippen molar-refractivity contribution >= 4 is 0 Å². The van der Waals surface area contributed by atoms with Gasteiger partial charge in [0.05, 0.1) is 18.8 Å². The quantitative estimate of drug-likeness (QED) is 0.674. The summed E-state index contributed by atoms with van der Waals surface area (Å²) in [5.41, 5.74) is -0.530. The molecule has 0 spiro atoms. The van der Waals surface area contributed by atoms with Crippen molar-refractivity contribution in [3.63, 3.8) is 0 Å². The first-order chi connectivity index (χ1) is 5.64. The van der Waals surface area contributed by atoms with E-state index in [-0.39, 0.29) is 0 Å². The van der Waals surface area contributed by atoms with Gasteiger partial charge in [-0.1, -0.05) is 6.92 Å². The van der Waals surface area contributed by atoms with Crippen LogP contribution in [0, 0.1) is 0 Å². The van der Waals surface area contributed by atoms with Crippen molar-refractivity contribution in [3.05, 3.63) is 0 Å². The van der Waals surface area contributed by atoms with E-state index in [9.17, 15) is 5.11 Å². The molecule has 0 bridgehead atoms. The van der Waals surface area contributed by atoms with Crippen LogP contribution >= 0.6 is 0 Å². The highest BCUT2D eigenvalue weighted by Gasteiger charge is 2.22. The monoisotopic (exact) mass is 173 g/mol. The van der Waals surface area contributed by atoms with E-state index in [1.165, 1.54) is 0 Å². The Morgan fingerprint density at radius 1 is 1.42 bits per heavy atom. The smallest absolute Gasteiger partial charge is 0.0743 e. The molecule has 1 aliphatic rings. The van der Waals surface area contributed by atoms with Crippen LogP contribution in [0.3, 0.4) is 0 Å². The molecule has 1 aliphatic heterocycles. The van der Waals surface area contributed by atoms with Crippen LogP contribution < -0.4 is 0 Å². The lowest BCUT2D eigenvalue weighted by Crippen LogP contribution is -2.45. The van der Waals surface area contributed by atoms with E-state index in [1.807, 2.05) is 13.8 Å². The topological polar surface area (TPSA) is 32.7 Å². The van der Waals surface area contributed by atoms with Gasteiger partial charge in [-0.25, -0.2) is 0 Å². The predicted molar refractivity (Wildman–Crippen MR) is 48.2 cm³/mol. The number of hydrogen-bond acceptors (Lipinski definition) is 3. The van der Waals surface area contributed by atoms with Crippen LogP contribution in [-0.4, -0.2) is 48.5 Å². The molecule has 0 radical (unpaired) electrons. The molecule has 72 valence electrons. The fourth-order valence-corrected chi connectivity index (χ4v) is 1.35. The maximum absolute atomic E-state index is 9.79. The fraction of sp³-hybridized carbons (Fsp3) is 1.00. The molecule has 3 nitrogen and oxygen atoms in total. The van der Waals surface area contributed by atoms with Crippen molar-refractivity contribution in [3.8, 4) is 0 Å². The summed E-state index contributed by atoms with van der Waals surface area (Å²) < 4.78 is 5.22. The molecule has 0 aromatic rings. The number of ether oxygens (including phenoxy) is 1. The maximum Gasteiger partial charge on any atom is 0.0743 e. The lowest BCUT2D eigenvalue weighted by atomic mass is 10.0. The van der Waals surface area contributed by atoms with Gasteiger partial charge < -0.3 is 9.84 Å². The zero-order valence-electron chi connectivity index (χ0n) is 8.05. The number of nitrogens with zero attached hydrogens (tertiary/aromatic N) is 1. The standard InChI is InChI=1S/C9H19NO2/c1-3-9(2,11)8-10-4-6-12-7-5-10/h11H,3-8H2,1-2H3. The molecule has 0 aromatic heterocycles. The second-order valence-corrected chi connectivity index (χ2v) is 3.74. The Kier molecular flexibility index (Phi) is 3.50. The second-order valence-electron chi connectivity index (χ2n) is 3.74. The molecule has 0 aromatic carbocycles. The highest BCUT2D eigenvalue weighted by Crippen LogP contribution is 2.11. The van der Waals surface area contributed by atoms with Gasteiger partial charge in [0, 0.05) is 19.6 Å². The SMILES string of the molecule is CCC(C)(O)CN1CCOCC1.